The monoisotopic (exact) mass is 252 g/mol. The molecule has 0 aliphatic heterocycles. The zero-order valence-corrected chi connectivity index (χ0v) is 11.0. The average Bonchev–Trinajstić information content (AvgIpc) is 2.15. The third-order valence-corrected chi connectivity index (χ3v) is 4.32. The predicted molar refractivity (Wildman–Crippen MR) is 61.3 cm³/mol. The minimum absolute atomic E-state index is 0.196. The molecule has 0 atom stereocenters. The van der Waals surface area contributed by atoms with Gasteiger partial charge in [-0.1, -0.05) is 6.92 Å². The molecule has 16 heavy (non-hydrogen) atoms. The Balaban J connectivity index is 4.96. The summed E-state index contributed by atoms with van der Waals surface area (Å²) < 4.78 is 26.1. The van der Waals surface area contributed by atoms with E-state index >= 15 is 0 Å². The number of rotatable bonds is 7. The van der Waals surface area contributed by atoms with Crippen LogP contribution in [0.1, 0.15) is 27.2 Å². The van der Waals surface area contributed by atoms with Crippen molar-refractivity contribution in [3.63, 3.8) is 0 Å². The van der Waals surface area contributed by atoms with E-state index in [4.69, 9.17) is 5.11 Å². The lowest BCUT2D eigenvalue weighted by Crippen LogP contribution is -2.46. The quantitative estimate of drug-likeness (QED) is 0.710. The molecule has 0 aliphatic carbocycles. The summed E-state index contributed by atoms with van der Waals surface area (Å²) in [4.78, 5) is 10.6. The molecule has 0 rings (SSSR count). The number of carboxylic acids is 1. The Labute approximate surface area is 97.0 Å². The second kappa shape index (κ2) is 6.17. The Hall–Kier alpha value is -0.660. The predicted octanol–water partition coefficient (Wildman–Crippen LogP) is 0.368. The molecule has 0 aromatic heterocycles. The molecule has 0 aliphatic rings. The molecule has 7 heteroatoms. The first kappa shape index (κ1) is 15.3. The summed E-state index contributed by atoms with van der Waals surface area (Å²) in [5.74, 6) is -1.14. The lowest BCUT2D eigenvalue weighted by molar-refractivity contribution is -0.137. The highest BCUT2D eigenvalue weighted by Gasteiger charge is 2.29. The van der Waals surface area contributed by atoms with Crippen LogP contribution < -0.4 is 0 Å². The number of carbonyl (C=O) groups is 1. The molecule has 0 bridgehead atoms. The summed E-state index contributed by atoms with van der Waals surface area (Å²) >= 11 is 0. The van der Waals surface area contributed by atoms with E-state index < -0.39 is 22.7 Å². The van der Waals surface area contributed by atoms with E-state index in [1.807, 2.05) is 0 Å². The highest BCUT2D eigenvalue weighted by Crippen LogP contribution is 2.10. The van der Waals surface area contributed by atoms with Gasteiger partial charge in [-0.3, -0.25) is 4.79 Å². The van der Waals surface area contributed by atoms with Crippen molar-refractivity contribution in [2.75, 3.05) is 20.1 Å². The minimum Gasteiger partial charge on any atom is -0.480 e. The van der Waals surface area contributed by atoms with Crippen molar-refractivity contribution >= 4 is 16.2 Å². The van der Waals surface area contributed by atoms with E-state index in [0.717, 1.165) is 4.31 Å². The molecule has 0 fully saturated rings. The van der Waals surface area contributed by atoms with Crippen molar-refractivity contribution in [2.45, 2.75) is 33.2 Å². The van der Waals surface area contributed by atoms with E-state index in [-0.39, 0.29) is 12.6 Å². The third-order valence-electron chi connectivity index (χ3n) is 2.20. The maximum atomic E-state index is 12.0. The lowest BCUT2D eigenvalue weighted by atomic mass is 10.4. The van der Waals surface area contributed by atoms with Gasteiger partial charge in [-0.2, -0.15) is 17.0 Å². The first-order valence-electron chi connectivity index (χ1n) is 5.18. The van der Waals surface area contributed by atoms with Crippen molar-refractivity contribution < 1.29 is 18.3 Å². The second-order valence-electron chi connectivity index (χ2n) is 3.85. The highest BCUT2D eigenvalue weighted by atomic mass is 32.2. The Kier molecular flexibility index (Phi) is 5.91. The molecule has 0 aromatic rings. The summed E-state index contributed by atoms with van der Waals surface area (Å²) in [7, 11) is -2.22. The van der Waals surface area contributed by atoms with Crippen molar-refractivity contribution in [3.05, 3.63) is 0 Å². The molecule has 0 saturated heterocycles. The van der Waals surface area contributed by atoms with Gasteiger partial charge in [0.15, 0.2) is 0 Å². The Bertz CT molecular complexity index is 326. The zero-order chi connectivity index (χ0) is 12.9. The fourth-order valence-electron chi connectivity index (χ4n) is 1.12. The molecule has 0 saturated carbocycles. The van der Waals surface area contributed by atoms with Gasteiger partial charge in [0, 0.05) is 19.6 Å². The maximum absolute atomic E-state index is 12.0. The fraction of sp³-hybridized carbons (Fsp3) is 0.889. The standard InChI is InChI=1S/C9H20N2O4S/c1-5-6-11(7-9(12)13)16(14,15)10(4)8(2)3/h8H,5-7H2,1-4H3,(H,12,13). The van der Waals surface area contributed by atoms with Crippen LogP contribution in [0.2, 0.25) is 0 Å². The number of hydrogen-bond acceptors (Lipinski definition) is 3. The normalized spacial score (nSPS) is 12.7. The smallest absolute Gasteiger partial charge is 0.318 e. The van der Waals surface area contributed by atoms with Gasteiger partial charge in [-0.05, 0) is 20.3 Å². The molecule has 0 radical (unpaired) electrons. The SMILES string of the molecule is CCCN(CC(=O)O)S(=O)(=O)N(C)C(C)C. The van der Waals surface area contributed by atoms with E-state index in [0.29, 0.717) is 6.42 Å². The topological polar surface area (TPSA) is 77.9 Å². The van der Waals surface area contributed by atoms with Gasteiger partial charge in [0.25, 0.3) is 10.2 Å². The first-order chi connectivity index (χ1) is 7.23. The Morgan fingerprint density at radius 2 is 1.88 bits per heavy atom. The van der Waals surface area contributed by atoms with Gasteiger partial charge in [0.1, 0.15) is 6.54 Å². The molecule has 6 nitrogen and oxygen atoms in total. The van der Waals surface area contributed by atoms with Crippen LogP contribution in [0, 0.1) is 0 Å². The van der Waals surface area contributed by atoms with Crippen LogP contribution in [-0.4, -0.2) is 54.3 Å². The number of nitrogens with zero attached hydrogens (tertiary/aromatic N) is 2. The largest absolute Gasteiger partial charge is 0.480 e. The molecule has 0 spiro atoms. The van der Waals surface area contributed by atoms with Crippen LogP contribution in [0.3, 0.4) is 0 Å². The summed E-state index contributed by atoms with van der Waals surface area (Å²) in [6, 6.07) is -0.196. The zero-order valence-electron chi connectivity index (χ0n) is 10.2. The lowest BCUT2D eigenvalue weighted by Gasteiger charge is -2.28. The van der Waals surface area contributed by atoms with Crippen LogP contribution in [0.25, 0.3) is 0 Å². The summed E-state index contributed by atoms with van der Waals surface area (Å²) in [6.45, 7) is 5.00. The van der Waals surface area contributed by atoms with Gasteiger partial charge in [-0.15, -0.1) is 0 Å². The molecular weight excluding hydrogens is 232 g/mol. The summed E-state index contributed by atoms with van der Waals surface area (Å²) in [5, 5.41) is 8.67. The molecule has 1 N–H and O–H groups in total. The van der Waals surface area contributed by atoms with Gasteiger partial charge in [0.2, 0.25) is 0 Å². The molecule has 96 valence electrons. The Morgan fingerprint density at radius 1 is 1.38 bits per heavy atom. The van der Waals surface area contributed by atoms with E-state index in [9.17, 15) is 13.2 Å². The van der Waals surface area contributed by atoms with E-state index in [1.165, 1.54) is 11.4 Å². The van der Waals surface area contributed by atoms with Crippen molar-refractivity contribution in [1.29, 1.82) is 0 Å². The number of aliphatic carboxylic acids is 1. The summed E-state index contributed by atoms with van der Waals surface area (Å²) in [6.07, 6.45) is 0.582. The van der Waals surface area contributed by atoms with Gasteiger partial charge in [-0.25, -0.2) is 0 Å². The van der Waals surface area contributed by atoms with Crippen LogP contribution in [0.15, 0.2) is 0 Å². The van der Waals surface area contributed by atoms with Gasteiger partial charge >= 0.3 is 5.97 Å². The molecular formula is C9H20N2O4S. The highest BCUT2D eigenvalue weighted by molar-refractivity contribution is 7.86. The van der Waals surface area contributed by atoms with Crippen LogP contribution in [0.5, 0.6) is 0 Å². The van der Waals surface area contributed by atoms with Crippen LogP contribution in [-0.2, 0) is 15.0 Å². The maximum Gasteiger partial charge on any atom is 0.318 e. The molecule has 0 amide bonds. The molecule has 0 unspecified atom stereocenters. The third kappa shape index (κ3) is 4.07. The van der Waals surface area contributed by atoms with Crippen LogP contribution >= 0.6 is 0 Å². The first-order valence-corrected chi connectivity index (χ1v) is 6.58. The van der Waals surface area contributed by atoms with Crippen molar-refractivity contribution in [1.82, 2.24) is 8.61 Å². The molecule has 0 aromatic carbocycles. The van der Waals surface area contributed by atoms with Gasteiger partial charge in [0.05, 0.1) is 0 Å². The van der Waals surface area contributed by atoms with Gasteiger partial charge < -0.3 is 5.11 Å². The summed E-state index contributed by atoms with van der Waals surface area (Å²) in [5.41, 5.74) is 0. The average molecular weight is 252 g/mol. The number of carboxylic acid groups (broad SMARTS) is 1. The fourth-order valence-corrected chi connectivity index (χ4v) is 2.71. The minimum atomic E-state index is -3.67. The molecule has 0 heterocycles. The van der Waals surface area contributed by atoms with E-state index in [2.05, 4.69) is 0 Å². The van der Waals surface area contributed by atoms with Crippen molar-refractivity contribution in [3.8, 4) is 0 Å². The van der Waals surface area contributed by atoms with E-state index in [1.54, 1.807) is 20.8 Å². The second-order valence-corrected chi connectivity index (χ2v) is 5.83. The Morgan fingerprint density at radius 3 is 2.19 bits per heavy atom. The van der Waals surface area contributed by atoms with Crippen molar-refractivity contribution in [2.24, 2.45) is 0 Å². The number of hydrogen-bond donors (Lipinski definition) is 1. The van der Waals surface area contributed by atoms with Crippen LogP contribution in [0.4, 0.5) is 0 Å².